The monoisotopic (exact) mass is 642 g/mol. The van der Waals surface area contributed by atoms with Gasteiger partial charge in [0.05, 0.1) is 45.3 Å². The highest BCUT2D eigenvalue weighted by atomic mass is 127. The van der Waals surface area contributed by atoms with Gasteiger partial charge in [-0.15, -0.1) is 0 Å². The van der Waals surface area contributed by atoms with Crippen molar-refractivity contribution in [2.45, 2.75) is 18.3 Å². The van der Waals surface area contributed by atoms with Crippen molar-refractivity contribution in [1.82, 2.24) is 4.98 Å². The van der Waals surface area contributed by atoms with Crippen LogP contribution in [0.4, 0.5) is 0 Å². The highest BCUT2D eigenvalue weighted by molar-refractivity contribution is 14.1. The number of hydrogen-bond acceptors (Lipinski definition) is 11. The van der Waals surface area contributed by atoms with Crippen LogP contribution in [0.2, 0.25) is 0 Å². The number of hydrogen-bond donors (Lipinski definition) is 5. The van der Waals surface area contributed by atoms with Gasteiger partial charge in [0, 0.05) is 20.6 Å². The Morgan fingerprint density at radius 1 is 0.974 bits per heavy atom. The van der Waals surface area contributed by atoms with E-state index in [2.05, 4.69) is 10.1 Å². The normalized spacial score (nSPS) is 18.1. The first-order valence-electron chi connectivity index (χ1n) is 11.4. The molecule has 4 aliphatic carbocycles. The number of nitrogens with zero attached hydrogens (tertiary/aromatic N) is 1. The zero-order chi connectivity index (χ0) is 28.1. The number of halogens is 1. The minimum absolute atomic E-state index is 0.0789. The summed E-state index contributed by atoms with van der Waals surface area (Å²) >= 11 is 1.94. The summed E-state index contributed by atoms with van der Waals surface area (Å²) in [6.45, 7) is 0. The predicted molar refractivity (Wildman–Crippen MR) is 145 cm³/mol. The summed E-state index contributed by atoms with van der Waals surface area (Å²) in [6, 6.07) is 2.24. The van der Waals surface area contributed by atoms with E-state index in [1.165, 1.54) is 6.07 Å². The number of pyridine rings is 1. The number of H-pyrrole nitrogens is 1. The maximum atomic E-state index is 13.5. The summed E-state index contributed by atoms with van der Waals surface area (Å²) in [7, 11) is 1.11. The van der Waals surface area contributed by atoms with Crippen LogP contribution in [0.25, 0.3) is 22.3 Å². The lowest BCUT2D eigenvalue weighted by molar-refractivity contribution is 0.321. The van der Waals surface area contributed by atoms with Crippen molar-refractivity contribution in [1.29, 1.82) is 0 Å². The Labute approximate surface area is 227 Å². The lowest BCUT2D eigenvalue weighted by atomic mass is 9.78. The minimum atomic E-state index is -1.99. The molecule has 2 aromatic rings. The third kappa shape index (κ3) is 2.82. The quantitative estimate of drug-likeness (QED) is 0.0775. The fourth-order valence-electron chi connectivity index (χ4n) is 5.94. The summed E-state index contributed by atoms with van der Waals surface area (Å²) in [6.07, 6.45) is 1.03. The van der Waals surface area contributed by atoms with E-state index in [0.717, 1.165) is 19.4 Å². The molecule has 13 heteroatoms. The van der Waals surface area contributed by atoms with Crippen molar-refractivity contribution < 1.29 is 25.3 Å². The van der Waals surface area contributed by atoms with Gasteiger partial charge in [-0.25, -0.2) is 0 Å². The van der Waals surface area contributed by atoms with Gasteiger partial charge in [0.1, 0.15) is 22.7 Å². The van der Waals surface area contributed by atoms with Gasteiger partial charge in [-0.05, 0) is 47.1 Å². The lowest BCUT2D eigenvalue weighted by Gasteiger charge is -2.27. The molecule has 5 N–H and O–H groups in total. The van der Waals surface area contributed by atoms with Gasteiger partial charge in [-0.1, -0.05) is 5.16 Å². The third-order valence-corrected chi connectivity index (χ3v) is 8.81. The molecule has 1 spiro atoms. The highest BCUT2D eigenvalue weighted by Gasteiger charge is 2.53. The van der Waals surface area contributed by atoms with E-state index in [1.807, 2.05) is 22.6 Å². The van der Waals surface area contributed by atoms with Crippen LogP contribution < -0.4 is 42.4 Å². The second-order valence-corrected chi connectivity index (χ2v) is 10.3. The number of aliphatic hydroxyl groups excluding tert-OH is 2. The standard InChI is InChI=1S/C26H15IN2O10/c1-39-11-5-10(30)13-14(19(11)31)21(33)16-15(20(13)32)23(35)26(24(16)36)3-2-8-17(26)22(34)12-9(18(8)27)4-7(6-28-38)29-25(12)37/h4-6,34-36,38H,2-3H2,1H3,(H,29,37)/t26-/m0/s1. The highest BCUT2D eigenvalue weighted by Crippen LogP contribution is 2.55. The van der Waals surface area contributed by atoms with Crippen LogP contribution in [0.1, 0.15) is 23.2 Å². The van der Waals surface area contributed by atoms with Crippen molar-refractivity contribution >= 4 is 51.1 Å². The Bertz CT molecular complexity index is 2330. The Morgan fingerprint density at radius 3 is 2.23 bits per heavy atom. The van der Waals surface area contributed by atoms with Gasteiger partial charge < -0.3 is 30.2 Å². The SMILES string of the molecule is COc1cc(=O)c2c(=O)c3c(c(=O)c=2c1=O)=C(O)[C@]1(CCc2c1c(O)c1c(=O)[nH]c(C=NO)cc1c2I)C=3O. The molecule has 0 saturated heterocycles. The molecule has 1 aromatic heterocycles. The zero-order valence-electron chi connectivity index (χ0n) is 19.7. The van der Waals surface area contributed by atoms with E-state index in [9.17, 15) is 39.3 Å². The van der Waals surface area contributed by atoms with Gasteiger partial charge in [0.25, 0.3) is 5.56 Å². The van der Waals surface area contributed by atoms with Gasteiger partial charge in [0.2, 0.25) is 16.3 Å². The number of phenolic OH excluding ortho intramolecular Hbond substituents is 1. The molecular formula is C26H15IN2O10. The van der Waals surface area contributed by atoms with E-state index in [0.29, 0.717) is 14.5 Å². The number of aliphatic hydroxyl groups is 2. The smallest absolute Gasteiger partial charge is 0.260 e. The van der Waals surface area contributed by atoms with Crippen LogP contribution in [0.5, 0.6) is 11.5 Å². The molecule has 196 valence electrons. The number of oxime groups is 1. The summed E-state index contributed by atoms with van der Waals surface area (Å²) in [4.78, 5) is 68.0. The van der Waals surface area contributed by atoms with Crippen molar-refractivity contribution in [2.75, 3.05) is 7.11 Å². The summed E-state index contributed by atoms with van der Waals surface area (Å²) in [5, 5.41) is 43.4. The molecule has 6 rings (SSSR count). The molecule has 1 heterocycles. The first-order chi connectivity index (χ1) is 18.5. The summed E-state index contributed by atoms with van der Waals surface area (Å²) in [5.74, 6) is -2.61. The van der Waals surface area contributed by atoms with Crippen LogP contribution in [0.3, 0.4) is 0 Å². The average molecular weight is 642 g/mol. The molecule has 0 unspecified atom stereocenters. The van der Waals surface area contributed by atoms with Crippen molar-refractivity contribution in [3.63, 3.8) is 0 Å². The molecule has 0 bridgehead atoms. The van der Waals surface area contributed by atoms with Crippen LogP contribution in [-0.4, -0.2) is 38.8 Å². The first-order valence-corrected chi connectivity index (χ1v) is 12.4. The summed E-state index contributed by atoms with van der Waals surface area (Å²) < 4.78 is 5.35. The molecule has 0 saturated carbocycles. The number of aromatic hydroxyl groups is 1. The number of ether oxygens (including phenoxy) is 1. The van der Waals surface area contributed by atoms with E-state index < -0.39 is 76.6 Å². The van der Waals surface area contributed by atoms with E-state index in [4.69, 9.17) is 9.94 Å². The van der Waals surface area contributed by atoms with E-state index in [1.54, 1.807) is 0 Å². The number of methoxy groups -OCH3 is 1. The average Bonchev–Trinajstić information content (AvgIpc) is 3.40. The molecule has 0 fully saturated rings. The van der Waals surface area contributed by atoms with E-state index >= 15 is 0 Å². The fourth-order valence-corrected chi connectivity index (χ4v) is 6.91. The number of rotatable bonds is 2. The number of aromatic amines is 1. The first kappa shape index (κ1) is 24.8. The number of aromatic nitrogens is 1. The largest absolute Gasteiger partial charge is 0.510 e. The maximum absolute atomic E-state index is 13.5. The number of phenols is 1. The summed E-state index contributed by atoms with van der Waals surface area (Å²) in [5.41, 5.74) is -6.51. The number of fused-ring (bicyclic) bond motifs is 4. The Morgan fingerprint density at radius 2 is 1.62 bits per heavy atom. The Balaban J connectivity index is 1.84. The topological polar surface area (TPSA) is 204 Å². The maximum Gasteiger partial charge on any atom is 0.260 e. The van der Waals surface area contributed by atoms with Gasteiger partial charge in [0.15, 0.2) is 11.2 Å². The molecule has 1 atom stereocenters. The van der Waals surface area contributed by atoms with Gasteiger partial charge in [-0.3, -0.25) is 24.0 Å². The van der Waals surface area contributed by atoms with Crippen LogP contribution in [0, 0.1) is 14.0 Å². The second-order valence-electron chi connectivity index (χ2n) is 9.27. The third-order valence-electron chi connectivity index (χ3n) is 7.57. The molecule has 39 heavy (non-hydrogen) atoms. The molecule has 0 aliphatic heterocycles. The lowest BCUT2D eigenvalue weighted by Crippen LogP contribution is -2.51. The molecule has 1 aromatic carbocycles. The van der Waals surface area contributed by atoms with Crippen molar-refractivity contribution in [2.24, 2.45) is 5.16 Å². The minimum Gasteiger partial charge on any atom is -0.510 e. The molecule has 0 amide bonds. The Hall–Kier alpha value is -4.53. The van der Waals surface area contributed by atoms with Crippen LogP contribution >= 0.6 is 22.6 Å². The zero-order valence-corrected chi connectivity index (χ0v) is 21.9. The second kappa shape index (κ2) is 7.99. The fraction of sp³-hybridized carbons (Fsp3) is 0.154. The van der Waals surface area contributed by atoms with Crippen LogP contribution in [-0.2, 0) is 11.8 Å². The van der Waals surface area contributed by atoms with Crippen molar-refractivity contribution in [3.05, 3.63) is 105 Å². The molecule has 4 aliphatic rings. The van der Waals surface area contributed by atoms with Gasteiger partial charge in [-0.2, -0.15) is 0 Å². The Kier molecular flexibility index (Phi) is 5.08. The predicted octanol–water partition coefficient (Wildman–Crippen LogP) is -1.07. The van der Waals surface area contributed by atoms with Crippen LogP contribution in [0.15, 0.2) is 41.3 Å². The van der Waals surface area contributed by atoms with E-state index in [-0.39, 0.29) is 29.5 Å². The van der Waals surface area contributed by atoms with Gasteiger partial charge >= 0.3 is 0 Å². The van der Waals surface area contributed by atoms with Crippen molar-refractivity contribution in [3.8, 4) is 11.5 Å². The molecular weight excluding hydrogens is 627 g/mol. The number of benzene rings is 1. The number of nitrogens with one attached hydrogen (secondary N) is 1. The molecule has 12 nitrogen and oxygen atoms in total. The molecule has 0 radical (unpaired) electrons.